The topological polar surface area (TPSA) is 63.9 Å². The lowest BCUT2D eigenvalue weighted by Gasteiger charge is -2.16. The van der Waals surface area contributed by atoms with Crippen LogP contribution >= 0.6 is 0 Å². The monoisotopic (exact) mass is 231 g/mol. The maximum absolute atomic E-state index is 5.86. The van der Waals surface area contributed by atoms with Crippen LogP contribution in [-0.4, -0.2) is 23.9 Å². The van der Waals surface area contributed by atoms with E-state index >= 15 is 0 Å². The number of hydrogen-bond acceptors (Lipinski definition) is 3. The van der Waals surface area contributed by atoms with Gasteiger partial charge in [0.1, 0.15) is 5.75 Å². The molecule has 1 atom stereocenters. The van der Waals surface area contributed by atoms with E-state index in [0.717, 1.165) is 22.7 Å². The van der Waals surface area contributed by atoms with Gasteiger partial charge in [0.05, 0.1) is 12.8 Å². The minimum atomic E-state index is 0.0658. The molecule has 0 bridgehead atoms. The largest absolute Gasteiger partial charge is 0.496 e. The molecule has 1 aromatic heterocycles. The van der Waals surface area contributed by atoms with Gasteiger partial charge in [0.15, 0.2) is 0 Å². The Balaban J connectivity index is 2.41. The Labute approximate surface area is 101 Å². The molecule has 90 valence electrons. The summed E-state index contributed by atoms with van der Waals surface area (Å²) in [7, 11) is 1.67. The Bertz CT molecular complexity index is 493. The number of para-hydroxylation sites is 1. The molecule has 0 saturated carbocycles. The first-order chi connectivity index (χ1) is 8.26. The van der Waals surface area contributed by atoms with Crippen molar-refractivity contribution < 1.29 is 4.74 Å². The fraction of sp³-hybridized carbons (Fsp3) is 0.308. The molecule has 0 saturated heterocycles. The summed E-state index contributed by atoms with van der Waals surface area (Å²) >= 11 is 0. The molecule has 0 aliphatic rings. The molecule has 0 radical (unpaired) electrons. The number of nitrogens with zero attached hydrogens (tertiary/aromatic N) is 1. The lowest BCUT2D eigenvalue weighted by Crippen LogP contribution is -2.15. The summed E-state index contributed by atoms with van der Waals surface area (Å²) in [4.78, 5) is 0. The molecule has 0 spiro atoms. The Morgan fingerprint density at radius 1 is 1.41 bits per heavy atom. The van der Waals surface area contributed by atoms with Gasteiger partial charge in [-0.1, -0.05) is 18.2 Å². The summed E-state index contributed by atoms with van der Waals surface area (Å²) in [6, 6.07) is 9.92. The number of aromatic amines is 1. The summed E-state index contributed by atoms with van der Waals surface area (Å²) in [6.45, 7) is 2.48. The van der Waals surface area contributed by atoms with E-state index in [-0.39, 0.29) is 5.92 Å². The highest BCUT2D eigenvalue weighted by atomic mass is 16.5. The highest BCUT2D eigenvalue weighted by molar-refractivity contribution is 5.40. The van der Waals surface area contributed by atoms with Crippen LogP contribution in [0.4, 0.5) is 0 Å². The van der Waals surface area contributed by atoms with Gasteiger partial charge in [-0.15, -0.1) is 0 Å². The second kappa shape index (κ2) is 5.01. The molecule has 2 aromatic rings. The lowest BCUT2D eigenvalue weighted by atomic mass is 9.95. The molecule has 0 amide bonds. The fourth-order valence-electron chi connectivity index (χ4n) is 1.98. The molecule has 0 aliphatic carbocycles. The van der Waals surface area contributed by atoms with Crippen molar-refractivity contribution in [2.24, 2.45) is 5.73 Å². The van der Waals surface area contributed by atoms with E-state index in [1.165, 1.54) is 0 Å². The van der Waals surface area contributed by atoms with Crippen molar-refractivity contribution in [2.45, 2.75) is 12.8 Å². The number of hydrogen-bond donors (Lipinski definition) is 2. The summed E-state index contributed by atoms with van der Waals surface area (Å²) < 4.78 is 5.36. The number of nitrogens with one attached hydrogen (secondary N) is 1. The van der Waals surface area contributed by atoms with Gasteiger partial charge in [-0.25, -0.2) is 0 Å². The number of H-pyrrole nitrogens is 1. The number of aromatic nitrogens is 2. The Morgan fingerprint density at radius 3 is 2.76 bits per heavy atom. The molecule has 4 heteroatoms. The zero-order valence-electron chi connectivity index (χ0n) is 10.1. The normalized spacial score (nSPS) is 12.4. The van der Waals surface area contributed by atoms with E-state index in [2.05, 4.69) is 10.2 Å². The Hall–Kier alpha value is -1.81. The Kier molecular flexibility index (Phi) is 3.44. The van der Waals surface area contributed by atoms with E-state index in [4.69, 9.17) is 10.5 Å². The van der Waals surface area contributed by atoms with Crippen LogP contribution in [0, 0.1) is 6.92 Å². The van der Waals surface area contributed by atoms with E-state index in [0.29, 0.717) is 6.54 Å². The van der Waals surface area contributed by atoms with E-state index < -0.39 is 0 Å². The average Bonchev–Trinajstić information content (AvgIpc) is 2.77. The van der Waals surface area contributed by atoms with Gasteiger partial charge >= 0.3 is 0 Å². The first kappa shape index (κ1) is 11.7. The van der Waals surface area contributed by atoms with Crippen LogP contribution in [0.5, 0.6) is 5.75 Å². The van der Waals surface area contributed by atoms with Crippen LogP contribution < -0.4 is 10.5 Å². The van der Waals surface area contributed by atoms with Crippen molar-refractivity contribution in [3.63, 3.8) is 0 Å². The second-order valence-electron chi connectivity index (χ2n) is 4.01. The summed E-state index contributed by atoms with van der Waals surface area (Å²) in [5.41, 5.74) is 8.92. The van der Waals surface area contributed by atoms with Crippen molar-refractivity contribution in [2.75, 3.05) is 13.7 Å². The SMILES string of the molecule is COc1ccccc1C(CN)c1cc(C)[nH]n1. The predicted molar refractivity (Wildman–Crippen MR) is 67.2 cm³/mol. The molecule has 17 heavy (non-hydrogen) atoms. The minimum Gasteiger partial charge on any atom is -0.496 e. The standard InChI is InChI=1S/C13H17N3O/c1-9-7-12(16-15-9)11(8-14)10-5-3-4-6-13(10)17-2/h3-7,11H,8,14H2,1-2H3,(H,15,16). The minimum absolute atomic E-state index is 0.0658. The molecule has 1 unspecified atom stereocenters. The van der Waals surface area contributed by atoms with Crippen LogP contribution in [0.3, 0.4) is 0 Å². The number of aryl methyl sites for hydroxylation is 1. The van der Waals surface area contributed by atoms with Crippen molar-refractivity contribution in [3.05, 3.63) is 47.3 Å². The summed E-state index contributed by atoms with van der Waals surface area (Å²) in [6.07, 6.45) is 0. The number of methoxy groups -OCH3 is 1. The number of rotatable bonds is 4. The van der Waals surface area contributed by atoms with Crippen molar-refractivity contribution in [1.29, 1.82) is 0 Å². The second-order valence-corrected chi connectivity index (χ2v) is 4.01. The molecule has 0 fully saturated rings. The van der Waals surface area contributed by atoms with Gasteiger partial charge in [0.2, 0.25) is 0 Å². The molecule has 1 aromatic carbocycles. The number of ether oxygens (including phenoxy) is 1. The fourth-order valence-corrected chi connectivity index (χ4v) is 1.98. The number of benzene rings is 1. The first-order valence-corrected chi connectivity index (χ1v) is 5.61. The van der Waals surface area contributed by atoms with Gasteiger partial charge in [0, 0.05) is 23.7 Å². The van der Waals surface area contributed by atoms with E-state index in [1.54, 1.807) is 7.11 Å². The molecule has 3 N–H and O–H groups in total. The van der Waals surface area contributed by atoms with Gasteiger partial charge in [-0.2, -0.15) is 5.10 Å². The van der Waals surface area contributed by atoms with Crippen LogP contribution in [-0.2, 0) is 0 Å². The molecule has 4 nitrogen and oxygen atoms in total. The zero-order chi connectivity index (χ0) is 12.3. The third kappa shape index (κ3) is 2.31. The third-order valence-corrected chi connectivity index (χ3v) is 2.83. The van der Waals surface area contributed by atoms with Gasteiger partial charge in [-0.3, -0.25) is 5.10 Å². The maximum Gasteiger partial charge on any atom is 0.122 e. The van der Waals surface area contributed by atoms with Crippen LogP contribution in [0.2, 0.25) is 0 Å². The molecular weight excluding hydrogens is 214 g/mol. The number of nitrogens with two attached hydrogens (primary N) is 1. The van der Waals surface area contributed by atoms with Crippen LogP contribution in [0.1, 0.15) is 22.9 Å². The predicted octanol–water partition coefficient (Wildman–Crippen LogP) is 1.82. The molecule has 2 rings (SSSR count). The summed E-state index contributed by atoms with van der Waals surface area (Å²) in [5, 5.41) is 7.22. The first-order valence-electron chi connectivity index (χ1n) is 5.61. The smallest absolute Gasteiger partial charge is 0.122 e. The third-order valence-electron chi connectivity index (χ3n) is 2.83. The van der Waals surface area contributed by atoms with E-state index in [9.17, 15) is 0 Å². The molecule has 0 aliphatic heterocycles. The molecular formula is C13H17N3O. The van der Waals surface area contributed by atoms with Gasteiger partial charge < -0.3 is 10.5 Å². The zero-order valence-corrected chi connectivity index (χ0v) is 10.1. The lowest BCUT2D eigenvalue weighted by molar-refractivity contribution is 0.407. The van der Waals surface area contributed by atoms with Crippen molar-refractivity contribution in [1.82, 2.24) is 10.2 Å². The Morgan fingerprint density at radius 2 is 2.18 bits per heavy atom. The van der Waals surface area contributed by atoms with E-state index in [1.807, 2.05) is 37.3 Å². The average molecular weight is 231 g/mol. The highest BCUT2D eigenvalue weighted by Gasteiger charge is 2.18. The van der Waals surface area contributed by atoms with Crippen molar-refractivity contribution >= 4 is 0 Å². The summed E-state index contributed by atoms with van der Waals surface area (Å²) in [5.74, 6) is 0.916. The van der Waals surface area contributed by atoms with Crippen LogP contribution in [0.15, 0.2) is 30.3 Å². The van der Waals surface area contributed by atoms with Gasteiger partial charge in [0.25, 0.3) is 0 Å². The van der Waals surface area contributed by atoms with Gasteiger partial charge in [-0.05, 0) is 19.1 Å². The maximum atomic E-state index is 5.86. The quantitative estimate of drug-likeness (QED) is 0.843. The highest BCUT2D eigenvalue weighted by Crippen LogP contribution is 2.30. The van der Waals surface area contributed by atoms with Crippen LogP contribution in [0.25, 0.3) is 0 Å². The van der Waals surface area contributed by atoms with Crippen molar-refractivity contribution in [3.8, 4) is 5.75 Å². The molecule has 1 heterocycles.